The zero-order chi connectivity index (χ0) is 27.4. The van der Waals surface area contributed by atoms with Gasteiger partial charge in [-0.1, -0.05) is 0 Å². The number of imidazole rings is 1. The summed E-state index contributed by atoms with van der Waals surface area (Å²) in [4.78, 5) is 25.0. The first-order valence-corrected chi connectivity index (χ1v) is 12.7. The summed E-state index contributed by atoms with van der Waals surface area (Å²) in [7, 11) is 1.67. The van der Waals surface area contributed by atoms with Gasteiger partial charge in [-0.25, -0.2) is 9.97 Å². The van der Waals surface area contributed by atoms with E-state index in [1.165, 1.54) is 4.57 Å². The van der Waals surface area contributed by atoms with E-state index in [1.807, 2.05) is 52.5 Å². The number of methoxy groups -OCH3 is 1. The van der Waals surface area contributed by atoms with Crippen LogP contribution in [0.4, 0.5) is 11.5 Å². The first kappa shape index (κ1) is 26.5. The molecule has 0 bridgehead atoms. The first-order valence-electron chi connectivity index (χ1n) is 12.7. The van der Waals surface area contributed by atoms with Crippen LogP contribution in [-0.2, 0) is 14.9 Å². The number of nitrogens with zero attached hydrogens (tertiary/aromatic N) is 5. The van der Waals surface area contributed by atoms with Crippen LogP contribution in [0.2, 0.25) is 0 Å². The van der Waals surface area contributed by atoms with Crippen LogP contribution in [0.5, 0.6) is 0 Å². The van der Waals surface area contributed by atoms with Crippen molar-refractivity contribution in [1.82, 2.24) is 19.1 Å². The molecule has 3 aromatic rings. The fourth-order valence-electron chi connectivity index (χ4n) is 5.06. The summed E-state index contributed by atoms with van der Waals surface area (Å²) in [6.07, 6.45) is 1.69. The number of nitrogens with one attached hydrogen (secondary N) is 3. The van der Waals surface area contributed by atoms with Gasteiger partial charge in [-0.3, -0.25) is 20.2 Å². The van der Waals surface area contributed by atoms with Gasteiger partial charge in [0.05, 0.1) is 34.8 Å². The van der Waals surface area contributed by atoms with E-state index in [0.717, 1.165) is 22.3 Å². The van der Waals surface area contributed by atoms with Crippen LogP contribution in [-0.4, -0.2) is 56.6 Å². The van der Waals surface area contributed by atoms with Crippen LogP contribution in [0.25, 0.3) is 22.6 Å². The minimum atomic E-state index is -0.657. The summed E-state index contributed by atoms with van der Waals surface area (Å²) >= 11 is 0. The Morgan fingerprint density at radius 3 is 2.41 bits per heavy atom. The van der Waals surface area contributed by atoms with Crippen LogP contribution in [0, 0.1) is 10.8 Å². The Bertz CT molecular complexity index is 1450. The second-order valence-electron chi connectivity index (χ2n) is 10.9. The van der Waals surface area contributed by atoms with Crippen molar-refractivity contribution in [3.63, 3.8) is 0 Å². The number of anilines is 2. The Morgan fingerprint density at radius 1 is 1.16 bits per heavy atom. The second kappa shape index (κ2) is 9.41. The summed E-state index contributed by atoms with van der Waals surface area (Å²) in [6, 6.07) is 4.06. The number of aromatic nitrogens is 4. The normalized spacial score (nSPS) is 15.6. The SMILES string of the molecule is COC[C@H](C)n1c(-c2cn(C(C)=N)c(=N)c(NC(C)C)n2)nc2cc3c(cc21)N(C(C)C)C(=O)C3(C)C. The van der Waals surface area contributed by atoms with Gasteiger partial charge in [-0.2, -0.15) is 0 Å². The van der Waals surface area contributed by atoms with Crippen molar-refractivity contribution in [1.29, 1.82) is 10.8 Å². The number of fused-ring (bicyclic) bond motifs is 2. The zero-order valence-electron chi connectivity index (χ0n) is 23.2. The van der Waals surface area contributed by atoms with Gasteiger partial charge >= 0.3 is 0 Å². The van der Waals surface area contributed by atoms with E-state index in [4.69, 9.17) is 25.5 Å². The predicted octanol–water partition coefficient (Wildman–Crippen LogP) is 4.28. The van der Waals surface area contributed by atoms with Crippen LogP contribution in [0.15, 0.2) is 18.3 Å². The highest BCUT2D eigenvalue weighted by molar-refractivity contribution is 6.10. The average Bonchev–Trinajstić information content (AvgIpc) is 3.26. The van der Waals surface area contributed by atoms with Gasteiger partial charge in [-0.15, -0.1) is 0 Å². The smallest absolute Gasteiger partial charge is 0.237 e. The third-order valence-electron chi connectivity index (χ3n) is 6.82. The number of hydrogen-bond donors (Lipinski definition) is 3. The predicted molar refractivity (Wildman–Crippen MR) is 147 cm³/mol. The number of ether oxygens (including phenoxy) is 1. The van der Waals surface area contributed by atoms with Crippen molar-refractivity contribution in [2.75, 3.05) is 23.9 Å². The number of amides is 1. The van der Waals surface area contributed by atoms with Crippen molar-refractivity contribution >= 4 is 34.3 Å². The van der Waals surface area contributed by atoms with Crippen molar-refractivity contribution in [2.24, 2.45) is 0 Å². The van der Waals surface area contributed by atoms with E-state index < -0.39 is 5.41 Å². The highest BCUT2D eigenvalue weighted by Crippen LogP contribution is 2.45. The summed E-state index contributed by atoms with van der Waals surface area (Å²) < 4.78 is 9.10. The van der Waals surface area contributed by atoms with Crippen LogP contribution in [0.1, 0.15) is 67.0 Å². The van der Waals surface area contributed by atoms with E-state index in [0.29, 0.717) is 23.9 Å². The molecule has 0 fully saturated rings. The van der Waals surface area contributed by atoms with Gasteiger partial charge in [0.25, 0.3) is 0 Å². The molecule has 10 nitrogen and oxygen atoms in total. The number of carbonyl (C=O) groups is 1. The molecule has 1 aliphatic rings. The lowest BCUT2D eigenvalue weighted by Crippen LogP contribution is -2.40. The van der Waals surface area contributed by atoms with Gasteiger partial charge in [0.15, 0.2) is 17.1 Å². The number of rotatable bonds is 7. The van der Waals surface area contributed by atoms with Crippen molar-refractivity contribution < 1.29 is 9.53 Å². The minimum Gasteiger partial charge on any atom is -0.383 e. The maximum absolute atomic E-state index is 13.3. The molecule has 0 spiro atoms. The molecule has 198 valence electrons. The maximum Gasteiger partial charge on any atom is 0.237 e. The molecule has 0 aliphatic carbocycles. The van der Waals surface area contributed by atoms with E-state index in [-0.39, 0.29) is 35.4 Å². The first-order chi connectivity index (χ1) is 17.3. The van der Waals surface area contributed by atoms with Gasteiger partial charge in [-0.05, 0) is 73.1 Å². The van der Waals surface area contributed by atoms with Crippen LogP contribution >= 0.6 is 0 Å². The maximum atomic E-state index is 13.3. The van der Waals surface area contributed by atoms with Gasteiger partial charge in [0.1, 0.15) is 11.5 Å². The third-order valence-corrected chi connectivity index (χ3v) is 6.82. The van der Waals surface area contributed by atoms with Crippen LogP contribution < -0.4 is 15.7 Å². The van der Waals surface area contributed by atoms with Crippen molar-refractivity contribution in [3.8, 4) is 11.5 Å². The van der Waals surface area contributed by atoms with E-state index in [1.54, 1.807) is 20.2 Å². The standard InChI is InChI=1S/C27H38N8O2/c1-14(2)30-24-23(29)33(17(6)28)12-20(31-24)25-32-19-10-18-21(11-22(19)35(25)16(5)13-37-9)34(15(3)4)26(36)27(18,7)8/h10-12,14-16,28-29H,13H2,1-9H3,(H,30,31)/t16-/m0/s1. The fraction of sp³-hybridized carbons (Fsp3) is 0.519. The number of hydrogen-bond acceptors (Lipinski definition) is 7. The molecule has 2 aromatic heterocycles. The number of benzene rings is 1. The Morgan fingerprint density at radius 2 is 1.84 bits per heavy atom. The Kier molecular flexibility index (Phi) is 6.74. The number of carbonyl (C=O) groups excluding carboxylic acids is 1. The molecule has 1 aliphatic heterocycles. The van der Waals surface area contributed by atoms with E-state index in [2.05, 4.69) is 22.9 Å². The summed E-state index contributed by atoms with van der Waals surface area (Å²) in [6.45, 7) is 16.1. The molecular weight excluding hydrogens is 468 g/mol. The van der Waals surface area contributed by atoms with Crippen LogP contribution in [0.3, 0.4) is 0 Å². The molecule has 0 unspecified atom stereocenters. The Labute approximate surface area is 217 Å². The average molecular weight is 507 g/mol. The largest absolute Gasteiger partial charge is 0.383 e. The van der Waals surface area contributed by atoms with Gasteiger partial charge in [0.2, 0.25) is 5.91 Å². The molecule has 37 heavy (non-hydrogen) atoms. The monoisotopic (exact) mass is 506 g/mol. The summed E-state index contributed by atoms with van der Waals surface area (Å²) in [5.41, 5.74) is 3.49. The molecule has 1 atom stereocenters. The Balaban J connectivity index is 2.05. The highest BCUT2D eigenvalue weighted by Gasteiger charge is 2.45. The van der Waals surface area contributed by atoms with E-state index >= 15 is 0 Å². The summed E-state index contributed by atoms with van der Waals surface area (Å²) in [5, 5.41) is 20.0. The zero-order valence-corrected chi connectivity index (χ0v) is 23.2. The highest BCUT2D eigenvalue weighted by atomic mass is 16.5. The molecule has 0 saturated heterocycles. The van der Waals surface area contributed by atoms with Gasteiger partial charge in [0, 0.05) is 25.4 Å². The molecule has 1 amide bonds. The molecule has 3 N–H and O–H groups in total. The van der Waals surface area contributed by atoms with Crippen molar-refractivity contribution in [2.45, 2.75) is 78.9 Å². The van der Waals surface area contributed by atoms with Crippen molar-refractivity contribution in [3.05, 3.63) is 29.4 Å². The lowest BCUT2D eigenvalue weighted by Gasteiger charge is -2.24. The second-order valence-corrected chi connectivity index (χ2v) is 10.9. The lowest BCUT2D eigenvalue weighted by atomic mass is 9.86. The topological polar surface area (TPSA) is 125 Å². The van der Waals surface area contributed by atoms with E-state index in [9.17, 15) is 4.79 Å². The molecule has 1 aromatic carbocycles. The quantitative estimate of drug-likeness (QED) is 0.326. The third kappa shape index (κ3) is 4.33. The molecule has 0 radical (unpaired) electrons. The molecule has 10 heteroatoms. The molecular formula is C27H38N8O2. The fourth-order valence-corrected chi connectivity index (χ4v) is 5.06. The lowest BCUT2D eigenvalue weighted by molar-refractivity contribution is -0.122. The van der Waals surface area contributed by atoms with Gasteiger partial charge < -0.3 is 19.5 Å². The molecule has 4 rings (SSSR count). The Hall–Kier alpha value is -3.53. The summed E-state index contributed by atoms with van der Waals surface area (Å²) in [5.74, 6) is 1.30. The molecule has 3 heterocycles. The minimum absolute atomic E-state index is 0.0168. The molecule has 0 saturated carbocycles.